The molecule has 2 N–H and O–H groups in total. The number of aromatic nitrogens is 2. The predicted octanol–water partition coefficient (Wildman–Crippen LogP) is 4.25. The van der Waals surface area contributed by atoms with Crippen LogP contribution in [0.3, 0.4) is 0 Å². The van der Waals surface area contributed by atoms with E-state index in [9.17, 15) is 10.2 Å². The van der Waals surface area contributed by atoms with Gasteiger partial charge in [0.15, 0.2) is 0 Å². The summed E-state index contributed by atoms with van der Waals surface area (Å²) < 4.78 is 1.87. The highest BCUT2D eigenvalue weighted by molar-refractivity contribution is 5.58. The van der Waals surface area contributed by atoms with Gasteiger partial charge in [-0.3, -0.25) is 0 Å². The monoisotopic (exact) mass is 370 g/mol. The van der Waals surface area contributed by atoms with Crippen molar-refractivity contribution in [2.24, 2.45) is 7.05 Å². The Balaban J connectivity index is 1.88. The van der Waals surface area contributed by atoms with Crippen molar-refractivity contribution in [3.63, 3.8) is 0 Å². The molecule has 28 heavy (non-hydrogen) atoms. The molecule has 4 aromatic rings. The van der Waals surface area contributed by atoms with E-state index in [-0.39, 0.29) is 0 Å². The van der Waals surface area contributed by atoms with E-state index in [0.717, 1.165) is 16.7 Å². The molecule has 0 aliphatic heterocycles. The van der Waals surface area contributed by atoms with E-state index in [1.54, 1.807) is 0 Å². The molecule has 0 fully saturated rings. The summed E-state index contributed by atoms with van der Waals surface area (Å²) >= 11 is 0. The molecular formula is C24H22N2O2. The summed E-state index contributed by atoms with van der Waals surface area (Å²) in [7, 11) is 1.87. The second-order valence-electron chi connectivity index (χ2n) is 6.76. The SMILES string of the molecule is Cn1c(-c2ccccc2)nc(C(O)c2ccccc2)c1C(O)c1ccccc1. The fourth-order valence-corrected chi connectivity index (χ4v) is 3.49. The summed E-state index contributed by atoms with van der Waals surface area (Å²) in [5.74, 6) is 0.704. The lowest BCUT2D eigenvalue weighted by Crippen LogP contribution is -2.12. The van der Waals surface area contributed by atoms with Gasteiger partial charge in [-0.1, -0.05) is 91.0 Å². The zero-order valence-corrected chi connectivity index (χ0v) is 15.6. The Morgan fingerprint density at radius 1 is 0.679 bits per heavy atom. The van der Waals surface area contributed by atoms with E-state index in [2.05, 4.69) is 0 Å². The smallest absolute Gasteiger partial charge is 0.140 e. The molecular weight excluding hydrogens is 348 g/mol. The summed E-state index contributed by atoms with van der Waals surface area (Å²) in [6, 6.07) is 28.6. The molecule has 2 atom stereocenters. The van der Waals surface area contributed by atoms with Crippen LogP contribution in [-0.4, -0.2) is 19.8 Å². The highest BCUT2D eigenvalue weighted by atomic mass is 16.3. The predicted molar refractivity (Wildman–Crippen MR) is 110 cm³/mol. The lowest BCUT2D eigenvalue weighted by atomic mass is 9.99. The molecule has 4 nitrogen and oxygen atoms in total. The van der Waals surface area contributed by atoms with Gasteiger partial charge >= 0.3 is 0 Å². The number of rotatable bonds is 5. The lowest BCUT2D eigenvalue weighted by Gasteiger charge is -2.17. The van der Waals surface area contributed by atoms with E-state index < -0.39 is 12.2 Å². The summed E-state index contributed by atoms with van der Waals surface area (Å²) in [5, 5.41) is 22.2. The Kier molecular flexibility index (Phi) is 5.06. The molecule has 0 spiro atoms. The van der Waals surface area contributed by atoms with Crippen molar-refractivity contribution in [1.82, 2.24) is 9.55 Å². The van der Waals surface area contributed by atoms with Crippen LogP contribution in [0.1, 0.15) is 34.7 Å². The van der Waals surface area contributed by atoms with Crippen LogP contribution < -0.4 is 0 Å². The van der Waals surface area contributed by atoms with Crippen molar-refractivity contribution in [3.8, 4) is 11.4 Å². The summed E-state index contributed by atoms with van der Waals surface area (Å²) in [6.07, 6.45) is -1.83. The third-order valence-electron chi connectivity index (χ3n) is 4.95. The average Bonchev–Trinajstić information content (AvgIpc) is 3.11. The average molecular weight is 370 g/mol. The number of aliphatic hydroxyl groups is 2. The van der Waals surface area contributed by atoms with Crippen molar-refractivity contribution in [2.45, 2.75) is 12.2 Å². The first kappa shape index (κ1) is 18.2. The molecule has 0 bridgehead atoms. The second kappa shape index (κ2) is 7.80. The zero-order valence-electron chi connectivity index (χ0n) is 15.6. The molecule has 0 amide bonds. The van der Waals surface area contributed by atoms with Crippen LogP contribution in [0, 0.1) is 0 Å². The Hall–Kier alpha value is -3.21. The zero-order chi connectivity index (χ0) is 19.5. The standard InChI is InChI=1S/C24H22N2O2/c1-26-21(23(28)18-13-7-3-8-14-18)20(22(27)17-11-5-2-6-12-17)25-24(26)19-15-9-4-10-16-19/h2-16,22-23,27-28H,1H3. The summed E-state index contributed by atoms with van der Waals surface area (Å²) in [4.78, 5) is 4.76. The molecule has 4 heteroatoms. The minimum Gasteiger partial charge on any atom is -0.382 e. The molecule has 140 valence electrons. The minimum atomic E-state index is -0.932. The van der Waals surface area contributed by atoms with Gasteiger partial charge in [-0.05, 0) is 11.1 Å². The molecule has 1 heterocycles. The first-order valence-corrected chi connectivity index (χ1v) is 9.24. The normalized spacial score (nSPS) is 13.2. The summed E-state index contributed by atoms with van der Waals surface area (Å²) in [5.41, 5.74) is 3.47. The Bertz CT molecular complexity index is 1040. The van der Waals surface area contributed by atoms with Crippen molar-refractivity contribution >= 4 is 0 Å². The largest absolute Gasteiger partial charge is 0.382 e. The number of imidazole rings is 1. The van der Waals surface area contributed by atoms with Crippen molar-refractivity contribution in [2.75, 3.05) is 0 Å². The maximum Gasteiger partial charge on any atom is 0.140 e. The van der Waals surface area contributed by atoms with Crippen LogP contribution in [0.4, 0.5) is 0 Å². The van der Waals surface area contributed by atoms with E-state index >= 15 is 0 Å². The molecule has 4 rings (SSSR count). The molecule has 0 saturated carbocycles. The highest BCUT2D eigenvalue weighted by Gasteiger charge is 2.28. The number of hydrogen-bond acceptors (Lipinski definition) is 3. The van der Waals surface area contributed by atoms with Gasteiger partial charge in [-0.2, -0.15) is 0 Å². The Morgan fingerprint density at radius 2 is 1.14 bits per heavy atom. The molecule has 0 aliphatic carbocycles. The number of hydrogen-bond donors (Lipinski definition) is 2. The molecule has 3 aromatic carbocycles. The topological polar surface area (TPSA) is 58.3 Å². The van der Waals surface area contributed by atoms with Crippen LogP contribution in [0.15, 0.2) is 91.0 Å². The maximum absolute atomic E-state index is 11.1. The van der Waals surface area contributed by atoms with Crippen LogP contribution in [0.2, 0.25) is 0 Å². The van der Waals surface area contributed by atoms with Crippen LogP contribution in [0.5, 0.6) is 0 Å². The van der Waals surface area contributed by atoms with E-state index in [1.807, 2.05) is 103 Å². The molecule has 0 saturated heterocycles. The van der Waals surface area contributed by atoms with Crippen molar-refractivity contribution in [3.05, 3.63) is 114 Å². The summed E-state index contributed by atoms with van der Waals surface area (Å²) in [6.45, 7) is 0. The van der Waals surface area contributed by atoms with Crippen LogP contribution in [-0.2, 0) is 7.05 Å². The van der Waals surface area contributed by atoms with Crippen LogP contribution >= 0.6 is 0 Å². The molecule has 1 aromatic heterocycles. The van der Waals surface area contributed by atoms with Gasteiger partial charge < -0.3 is 14.8 Å². The number of aliphatic hydroxyl groups excluding tert-OH is 2. The third-order valence-corrected chi connectivity index (χ3v) is 4.95. The third kappa shape index (κ3) is 3.36. The van der Waals surface area contributed by atoms with E-state index in [1.165, 1.54) is 0 Å². The first-order valence-electron chi connectivity index (χ1n) is 9.24. The van der Waals surface area contributed by atoms with Crippen molar-refractivity contribution < 1.29 is 10.2 Å². The Morgan fingerprint density at radius 3 is 1.68 bits per heavy atom. The minimum absolute atomic E-state index is 0.462. The van der Waals surface area contributed by atoms with Gasteiger partial charge in [0.25, 0.3) is 0 Å². The lowest BCUT2D eigenvalue weighted by molar-refractivity contribution is 0.189. The Labute approximate surface area is 164 Å². The van der Waals surface area contributed by atoms with Gasteiger partial charge in [-0.15, -0.1) is 0 Å². The quantitative estimate of drug-likeness (QED) is 0.552. The molecule has 0 radical (unpaired) electrons. The van der Waals surface area contributed by atoms with Gasteiger partial charge in [0.05, 0.1) is 11.4 Å². The van der Waals surface area contributed by atoms with Gasteiger partial charge in [0.1, 0.15) is 18.0 Å². The number of benzene rings is 3. The molecule has 2 unspecified atom stereocenters. The maximum atomic E-state index is 11.1. The second-order valence-corrected chi connectivity index (χ2v) is 6.76. The first-order chi connectivity index (χ1) is 13.7. The number of nitrogens with zero attached hydrogens (tertiary/aromatic N) is 2. The van der Waals surface area contributed by atoms with Gasteiger partial charge in [-0.25, -0.2) is 4.98 Å². The fraction of sp³-hybridized carbons (Fsp3) is 0.125. The van der Waals surface area contributed by atoms with E-state index in [0.29, 0.717) is 17.2 Å². The van der Waals surface area contributed by atoms with Crippen molar-refractivity contribution in [1.29, 1.82) is 0 Å². The van der Waals surface area contributed by atoms with Gasteiger partial charge in [0.2, 0.25) is 0 Å². The van der Waals surface area contributed by atoms with E-state index in [4.69, 9.17) is 4.98 Å². The van der Waals surface area contributed by atoms with Gasteiger partial charge in [0, 0.05) is 12.6 Å². The highest BCUT2D eigenvalue weighted by Crippen LogP contribution is 2.34. The fourth-order valence-electron chi connectivity index (χ4n) is 3.49. The molecule has 0 aliphatic rings. The van der Waals surface area contributed by atoms with Crippen LogP contribution in [0.25, 0.3) is 11.4 Å².